The number of aromatic amines is 1. The Bertz CT molecular complexity index is 1490. The molecule has 0 saturated heterocycles. The minimum atomic E-state index is -2.96. The number of benzene rings is 2. The number of amides is 1. The third kappa shape index (κ3) is 4.99. The highest BCUT2D eigenvalue weighted by atomic mass is 19.3. The van der Waals surface area contributed by atoms with Gasteiger partial charge in [0.05, 0.1) is 11.9 Å². The molecule has 0 bridgehead atoms. The predicted molar refractivity (Wildman–Crippen MR) is 130 cm³/mol. The lowest BCUT2D eigenvalue weighted by molar-refractivity contribution is -0.0498. The minimum absolute atomic E-state index is 0.0622. The van der Waals surface area contributed by atoms with Crippen LogP contribution in [0.4, 0.5) is 20.3 Å². The summed E-state index contributed by atoms with van der Waals surface area (Å²) in [6, 6.07) is 19.2. The van der Waals surface area contributed by atoms with E-state index in [0.717, 1.165) is 11.1 Å². The first-order chi connectivity index (χ1) is 17.5. The van der Waals surface area contributed by atoms with E-state index >= 15 is 0 Å². The molecule has 0 fully saturated rings. The quantitative estimate of drug-likeness (QED) is 0.330. The average Bonchev–Trinajstić information content (AvgIpc) is 3.54. The van der Waals surface area contributed by atoms with Gasteiger partial charge in [0, 0.05) is 49.2 Å². The molecule has 5 aromatic rings. The number of hydrogen-bond acceptors (Lipinski definition) is 6. The van der Waals surface area contributed by atoms with Gasteiger partial charge in [-0.15, -0.1) is 0 Å². The van der Waals surface area contributed by atoms with Crippen LogP contribution in [0.1, 0.15) is 16.1 Å². The van der Waals surface area contributed by atoms with Crippen LogP contribution in [-0.4, -0.2) is 44.4 Å². The Morgan fingerprint density at radius 3 is 2.72 bits per heavy atom. The molecule has 36 heavy (non-hydrogen) atoms. The Balaban J connectivity index is 1.47. The zero-order valence-electron chi connectivity index (χ0n) is 19.1. The molecule has 11 heteroatoms. The Kier molecular flexibility index (Phi) is 6.27. The number of aromatic nitrogens is 5. The number of ether oxygens (including phenoxy) is 1. The summed E-state index contributed by atoms with van der Waals surface area (Å²) < 4.78 is 31.0. The van der Waals surface area contributed by atoms with Gasteiger partial charge in [-0.3, -0.25) is 9.89 Å². The van der Waals surface area contributed by atoms with E-state index in [1.165, 1.54) is 18.2 Å². The fourth-order valence-electron chi connectivity index (χ4n) is 3.75. The van der Waals surface area contributed by atoms with Crippen molar-refractivity contribution in [1.82, 2.24) is 24.8 Å². The van der Waals surface area contributed by atoms with E-state index in [-0.39, 0.29) is 11.4 Å². The smallest absolute Gasteiger partial charge is 0.387 e. The van der Waals surface area contributed by atoms with Crippen LogP contribution in [0.25, 0.3) is 16.9 Å². The van der Waals surface area contributed by atoms with Crippen LogP contribution in [0.5, 0.6) is 5.75 Å². The number of halogens is 2. The van der Waals surface area contributed by atoms with Crippen molar-refractivity contribution in [2.75, 3.05) is 17.3 Å². The summed E-state index contributed by atoms with van der Waals surface area (Å²) in [5, 5.41) is 13.9. The van der Waals surface area contributed by atoms with Crippen LogP contribution >= 0.6 is 0 Å². The van der Waals surface area contributed by atoms with E-state index in [1.54, 1.807) is 29.0 Å². The molecule has 0 unspecified atom stereocenters. The standard InChI is InChI=1S/C25H21F2N7O2/c1-33(15-16-6-3-2-4-7-16)22-12-21(17-13-28-29-14-17)34-23(31-22)11-20(32-34)24(35)30-18-8-5-9-19(10-18)36-25(26)27/h2-14,25H,15H2,1H3,(H,28,29)(H,30,35). The van der Waals surface area contributed by atoms with Crippen molar-refractivity contribution in [3.63, 3.8) is 0 Å². The zero-order valence-corrected chi connectivity index (χ0v) is 19.1. The molecular formula is C25H21F2N7O2. The molecule has 0 aliphatic rings. The SMILES string of the molecule is CN(Cc1ccccc1)c1cc(-c2cn[nH]c2)n2nc(C(=O)Nc3cccc(OC(F)F)c3)cc2n1. The molecule has 2 aromatic carbocycles. The number of carbonyl (C=O) groups excluding carboxylic acids is 1. The van der Waals surface area contributed by atoms with E-state index in [4.69, 9.17) is 4.98 Å². The fourth-order valence-corrected chi connectivity index (χ4v) is 3.75. The minimum Gasteiger partial charge on any atom is -0.435 e. The molecule has 0 radical (unpaired) electrons. The van der Waals surface area contributed by atoms with Crippen molar-refractivity contribution in [2.45, 2.75) is 13.2 Å². The van der Waals surface area contributed by atoms with E-state index in [9.17, 15) is 13.6 Å². The topological polar surface area (TPSA) is 100 Å². The largest absolute Gasteiger partial charge is 0.435 e. The number of H-pyrrole nitrogens is 1. The summed E-state index contributed by atoms with van der Waals surface area (Å²) in [6.45, 7) is -2.33. The maximum absolute atomic E-state index is 12.9. The summed E-state index contributed by atoms with van der Waals surface area (Å²) in [4.78, 5) is 19.7. The van der Waals surface area contributed by atoms with E-state index in [0.29, 0.717) is 29.4 Å². The molecule has 0 saturated carbocycles. The number of nitrogens with zero attached hydrogens (tertiary/aromatic N) is 5. The first-order valence-corrected chi connectivity index (χ1v) is 11.0. The van der Waals surface area contributed by atoms with Crippen molar-refractivity contribution in [3.8, 4) is 17.0 Å². The van der Waals surface area contributed by atoms with Gasteiger partial charge >= 0.3 is 6.61 Å². The molecule has 2 N–H and O–H groups in total. The number of anilines is 2. The van der Waals surface area contributed by atoms with Crippen LogP contribution in [0.3, 0.4) is 0 Å². The number of rotatable bonds is 8. The summed E-state index contributed by atoms with van der Waals surface area (Å²) in [5.74, 6) is 0.103. The highest BCUT2D eigenvalue weighted by molar-refractivity contribution is 6.03. The van der Waals surface area contributed by atoms with Gasteiger partial charge in [-0.25, -0.2) is 9.50 Å². The molecule has 0 aliphatic carbocycles. The number of alkyl halides is 2. The van der Waals surface area contributed by atoms with Gasteiger partial charge in [-0.1, -0.05) is 36.4 Å². The molecular weight excluding hydrogens is 468 g/mol. The second kappa shape index (κ2) is 9.82. The first kappa shape index (κ1) is 23.0. The van der Waals surface area contributed by atoms with Gasteiger partial charge in [-0.2, -0.15) is 19.0 Å². The monoisotopic (exact) mass is 489 g/mol. The lowest BCUT2D eigenvalue weighted by atomic mass is 10.2. The Morgan fingerprint density at radius 1 is 1.14 bits per heavy atom. The van der Waals surface area contributed by atoms with Gasteiger partial charge in [0.2, 0.25) is 0 Å². The number of carbonyl (C=O) groups is 1. The van der Waals surface area contributed by atoms with Crippen LogP contribution < -0.4 is 15.0 Å². The van der Waals surface area contributed by atoms with Crippen LogP contribution in [0, 0.1) is 0 Å². The van der Waals surface area contributed by atoms with Gasteiger partial charge in [-0.05, 0) is 17.7 Å². The van der Waals surface area contributed by atoms with Crippen molar-refractivity contribution < 1.29 is 18.3 Å². The van der Waals surface area contributed by atoms with Gasteiger partial charge in [0.25, 0.3) is 5.91 Å². The third-order valence-corrected chi connectivity index (χ3v) is 5.41. The lowest BCUT2D eigenvalue weighted by Crippen LogP contribution is -2.18. The maximum atomic E-state index is 12.9. The third-order valence-electron chi connectivity index (χ3n) is 5.41. The predicted octanol–water partition coefficient (Wildman–Crippen LogP) is 4.61. The fraction of sp³-hybridized carbons (Fsp3) is 0.120. The van der Waals surface area contributed by atoms with Gasteiger partial charge < -0.3 is 15.0 Å². The summed E-state index contributed by atoms with van der Waals surface area (Å²) in [5.41, 5.74) is 3.44. The van der Waals surface area contributed by atoms with Crippen LogP contribution in [0.15, 0.2) is 79.1 Å². The molecule has 5 rings (SSSR count). The summed E-state index contributed by atoms with van der Waals surface area (Å²) in [7, 11) is 1.93. The molecule has 3 aromatic heterocycles. The van der Waals surface area contributed by atoms with E-state index in [1.807, 2.05) is 48.3 Å². The summed E-state index contributed by atoms with van der Waals surface area (Å²) in [6.07, 6.45) is 3.39. The Labute approximate surface area is 204 Å². The second-order valence-corrected chi connectivity index (χ2v) is 7.99. The molecule has 3 heterocycles. The molecule has 182 valence electrons. The number of fused-ring (bicyclic) bond motifs is 1. The molecule has 0 aliphatic heterocycles. The van der Waals surface area contributed by atoms with E-state index in [2.05, 4.69) is 25.3 Å². The molecule has 1 amide bonds. The van der Waals surface area contributed by atoms with Crippen molar-refractivity contribution in [2.24, 2.45) is 0 Å². The normalized spacial score (nSPS) is 11.1. The van der Waals surface area contributed by atoms with Crippen LogP contribution in [-0.2, 0) is 6.54 Å². The van der Waals surface area contributed by atoms with Crippen molar-refractivity contribution >= 4 is 23.1 Å². The molecule has 0 spiro atoms. The number of nitrogens with one attached hydrogen (secondary N) is 2. The maximum Gasteiger partial charge on any atom is 0.387 e. The highest BCUT2D eigenvalue weighted by Gasteiger charge is 2.18. The lowest BCUT2D eigenvalue weighted by Gasteiger charge is -2.19. The molecule has 9 nitrogen and oxygen atoms in total. The number of hydrogen-bond donors (Lipinski definition) is 2. The Hall–Kier alpha value is -4.80. The average molecular weight is 489 g/mol. The van der Waals surface area contributed by atoms with Crippen LogP contribution in [0.2, 0.25) is 0 Å². The Morgan fingerprint density at radius 2 is 1.97 bits per heavy atom. The highest BCUT2D eigenvalue weighted by Crippen LogP contribution is 2.26. The van der Waals surface area contributed by atoms with E-state index < -0.39 is 12.5 Å². The van der Waals surface area contributed by atoms with Crippen molar-refractivity contribution in [3.05, 3.63) is 90.4 Å². The van der Waals surface area contributed by atoms with Gasteiger partial charge in [0.15, 0.2) is 11.3 Å². The zero-order chi connectivity index (χ0) is 25.1. The second-order valence-electron chi connectivity index (χ2n) is 7.99. The summed E-state index contributed by atoms with van der Waals surface area (Å²) >= 11 is 0. The van der Waals surface area contributed by atoms with Crippen molar-refractivity contribution in [1.29, 1.82) is 0 Å². The van der Waals surface area contributed by atoms with Gasteiger partial charge in [0.1, 0.15) is 11.6 Å². The first-order valence-electron chi connectivity index (χ1n) is 11.0. The molecule has 0 atom stereocenters.